The molecule has 0 aliphatic carbocycles. The summed E-state index contributed by atoms with van der Waals surface area (Å²) in [5.41, 5.74) is 0.511. The normalized spacial score (nSPS) is 22.1. The Kier molecular flexibility index (Phi) is 3.33. The standard InChI is InChI=1S/C14H14BrN3O3/c1-8-5-9(16-12(15)6-8)10-7-11(21-17-10)14(20)3-4-18(2)13(14)19/h5-7,20H,3-4H2,1-2H3. The van der Waals surface area contributed by atoms with E-state index >= 15 is 0 Å². The van der Waals surface area contributed by atoms with E-state index in [-0.39, 0.29) is 11.7 Å². The third kappa shape index (κ3) is 2.36. The summed E-state index contributed by atoms with van der Waals surface area (Å²) in [6.45, 7) is 2.43. The molecule has 110 valence electrons. The zero-order valence-corrected chi connectivity index (χ0v) is 13.2. The zero-order valence-electron chi connectivity index (χ0n) is 11.6. The molecule has 2 aromatic rings. The van der Waals surface area contributed by atoms with E-state index in [1.54, 1.807) is 13.1 Å². The molecule has 1 atom stereocenters. The van der Waals surface area contributed by atoms with Crippen molar-refractivity contribution in [2.24, 2.45) is 0 Å². The quantitative estimate of drug-likeness (QED) is 0.835. The van der Waals surface area contributed by atoms with Crippen molar-refractivity contribution in [2.75, 3.05) is 13.6 Å². The highest BCUT2D eigenvalue weighted by molar-refractivity contribution is 9.10. The third-order valence-corrected chi connectivity index (χ3v) is 4.03. The number of pyridine rings is 1. The van der Waals surface area contributed by atoms with Crippen LogP contribution in [0.1, 0.15) is 17.7 Å². The molecule has 7 heteroatoms. The molecule has 1 unspecified atom stereocenters. The first-order valence-corrected chi connectivity index (χ1v) is 7.29. The first kappa shape index (κ1) is 14.2. The van der Waals surface area contributed by atoms with Gasteiger partial charge >= 0.3 is 0 Å². The molecule has 2 aromatic heterocycles. The van der Waals surface area contributed by atoms with Gasteiger partial charge in [0.1, 0.15) is 10.3 Å². The van der Waals surface area contributed by atoms with Gasteiger partial charge < -0.3 is 14.5 Å². The minimum Gasteiger partial charge on any atom is -0.373 e. The number of likely N-dealkylation sites (N-methyl/N-ethyl adjacent to an activating group) is 1. The second kappa shape index (κ2) is 4.92. The summed E-state index contributed by atoms with van der Waals surface area (Å²) < 4.78 is 5.89. The topological polar surface area (TPSA) is 79.5 Å². The summed E-state index contributed by atoms with van der Waals surface area (Å²) in [5, 5.41) is 14.4. The molecule has 0 aromatic carbocycles. The number of aliphatic hydroxyl groups is 1. The minimum absolute atomic E-state index is 0.159. The molecule has 0 spiro atoms. The highest BCUT2D eigenvalue weighted by atomic mass is 79.9. The van der Waals surface area contributed by atoms with Crippen molar-refractivity contribution in [2.45, 2.75) is 18.9 Å². The number of aryl methyl sites for hydroxylation is 1. The summed E-state index contributed by atoms with van der Waals surface area (Å²) in [4.78, 5) is 17.8. The number of hydrogen-bond donors (Lipinski definition) is 1. The number of hydrogen-bond acceptors (Lipinski definition) is 5. The van der Waals surface area contributed by atoms with Crippen molar-refractivity contribution in [3.8, 4) is 11.4 Å². The molecule has 1 amide bonds. The van der Waals surface area contributed by atoms with E-state index in [2.05, 4.69) is 26.1 Å². The van der Waals surface area contributed by atoms with Gasteiger partial charge in [-0.1, -0.05) is 5.16 Å². The SMILES string of the molecule is Cc1cc(Br)nc(-c2cc(C3(O)CCN(C)C3=O)on2)c1. The van der Waals surface area contributed by atoms with E-state index in [0.717, 1.165) is 5.56 Å². The van der Waals surface area contributed by atoms with Crippen molar-refractivity contribution in [3.05, 3.63) is 34.1 Å². The monoisotopic (exact) mass is 351 g/mol. The minimum atomic E-state index is -1.62. The molecule has 0 bridgehead atoms. The second-order valence-corrected chi connectivity index (χ2v) is 6.08. The number of aromatic nitrogens is 2. The van der Waals surface area contributed by atoms with Gasteiger partial charge in [0.25, 0.3) is 5.91 Å². The second-order valence-electron chi connectivity index (χ2n) is 5.27. The van der Waals surface area contributed by atoms with Crippen LogP contribution in [0.25, 0.3) is 11.4 Å². The first-order valence-electron chi connectivity index (χ1n) is 6.50. The van der Waals surface area contributed by atoms with Gasteiger partial charge in [-0.3, -0.25) is 4.79 Å². The molecule has 0 saturated carbocycles. The van der Waals surface area contributed by atoms with Crippen LogP contribution < -0.4 is 0 Å². The fourth-order valence-corrected chi connectivity index (χ4v) is 2.98. The molecule has 3 rings (SSSR count). The van der Waals surface area contributed by atoms with Gasteiger partial charge in [-0.05, 0) is 40.5 Å². The van der Waals surface area contributed by atoms with Gasteiger partial charge in [0.05, 0.1) is 5.69 Å². The highest BCUT2D eigenvalue weighted by Crippen LogP contribution is 2.34. The van der Waals surface area contributed by atoms with Crippen LogP contribution in [0.15, 0.2) is 27.3 Å². The van der Waals surface area contributed by atoms with Crippen LogP contribution in [0, 0.1) is 6.92 Å². The Morgan fingerprint density at radius 1 is 1.38 bits per heavy atom. The molecule has 1 aliphatic heterocycles. The molecular weight excluding hydrogens is 338 g/mol. The van der Waals surface area contributed by atoms with Crippen LogP contribution in [0.3, 0.4) is 0 Å². The molecule has 1 fully saturated rings. The Hall–Kier alpha value is -1.73. The fraction of sp³-hybridized carbons (Fsp3) is 0.357. The van der Waals surface area contributed by atoms with Crippen LogP contribution in [-0.2, 0) is 10.4 Å². The maximum Gasteiger partial charge on any atom is 0.262 e. The third-order valence-electron chi connectivity index (χ3n) is 3.63. The van der Waals surface area contributed by atoms with Gasteiger partial charge in [-0.15, -0.1) is 0 Å². The highest BCUT2D eigenvalue weighted by Gasteiger charge is 2.48. The number of carbonyl (C=O) groups is 1. The average Bonchev–Trinajstić information content (AvgIpc) is 3.00. The number of halogens is 1. The Bertz CT molecular complexity index is 695. The summed E-state index contributed by atoms with van der Waals surface area (Å²) >= 11 is 3.33. The van der Waals surface area contributed by atoms with Crippen LogP contribution in [0.4, 0.5) is 0 Å². The molecule has 1 aliphatic rings. The van der Waals surface area contributed by atoms with Crippen LogP contribution in [-0.4, -0.2) is 39.6 Å². The van der Waals surface area contributed by atoms with Crippen LogP contribution >= 0.6 is 15.9 Å². The lowest BCUT2D eigenvalue weighted by atomic mass is 9.98. The summed E-state index contributed by atoms with van der Waals surface area (Å²) in [6, 6.07) is 5.32. The number of rotatable bonds is 2. The predicted octanol–water partition coefficient (Wildman–Crippen LogP) is 1.86. The van der Waals surface area contributed by atoms with E-state index in [0.29, 0.717) is 29.0 Å². The van der Waals surface area contributed by atoms with E-state index in [1.165, 1.54) is 4.90 Å². The average molecular weight is 352 g/mol. The molecule has 0 radical (unpaired) electrons. The van der Waals surface area contributed by atoms with Gasteiger partial charge in [0.15, 0.2) is 5.76 Å². The van der Waals surface area contributed by atoms with Gasteiger partial charge in [-0.2, -0.15) is 0 Å². The first-order chi connectivity index (χ1) is 9.90. The van der Waals surface area contributed by atoms with Crippen molar-refractivity contribution >= 4 is 21.8 Å². The van der Waals surface area contributed by atoms with Crippen molar-refractivity contribution < 1.29 is 14.4 Å². The number of carbonyl (C=O) groups excluding carboxylic acids is 1. The van der Waals surface area contributed by atoms with Gasteiger partial charge in [-0.25, -0.2) is 4.98 Å². The Morgan fingerprint density at radius 3 is 2.76 bits per heavy atom. The van der Waals surface area contributed by atoms with Gasteiger partial charge in [0.2, 0.25) is 5.60 Å². The lowest BCUT2D eigenvalue weighted by Crippen LogP contribution is -2.35. The number of likely N-dealkylation sites (tertiary alicyclic amines) is 1. The summed E-state index contributed by atoms with van der Waals surface area (Å²) in [6.07, 6.45) is 0.294. The maximum absolute atomic E-state index is 12.0. The molecule has 6 nitrogen and oxygen atoms in total. The Balaban J connectivity index is 1.99. The largest absolute Gasteiger partial charge is 0.373 e. The summed E-state index contributed by atoms with van der Waals surface area (Å²) in [7, 11) is 1.65. The fourth-order valence-electron chi connectivity index (χ4n) is 2.43. The van der Waals surface area contributed by atoms with E-state index in [1.807, 2.05) is 19.1 Å². The maximum atomic E-state index is 12.0. The van der Waals surface area contributed by atoms with E-state index in [4.69, 9.17) is 4.52 Å². The van der Waals surface area contributed by atoms with Crippen LogP contribution in [0.5, 0.6) is 0 Å². The number of nitrogens with zero attached hydrogens (tertiary/aromatic N) is 3. The summed E-state index contributed by atoms with van der Waals surface area (Å²) in [5.74, 6) is -0.213. The van der Waals surface area contributed by atoms with Crippen molar-refractivity contribution in [1.29, 1.82) is 0 Å². The van der Waals surface area contributed by atoms with E-state index in [9.17, 15) is 9.90 Å². The lowest BCUT2D eigenvalue weighted by Gasteiger charge is -2.16. The number of amides is 1. The molecule has 21 heavy (non-hydrogen) atoms. The van der Waals surface area contributed by atoms with Gasteiger partial charge in [0, 0.05) is 26.1 Å². The zero-order chi connectivity index (χ0) is 15.2. The predicted molar refractivity (Wildman–Crippen MR) is 78.3 cm³/mol. The molecular formula is C14H14BrN3O3. The lowest BCUT2D eigenvalue weighted by molar-refractivity contribution is -0.144. The van der Waals surface area contributed by atoms with Crippen LogP contribution in [0.2, 0.25) is 0 Å². The Morgan fingerprint density at radius 2 is 2.14 bits per heavy atom. The molecule has 1 saturated heterocycles. The van der Waals surface area contributed by atoms with E-state index < -0.39 is 5.60 Å². The molecule has 3 heterocycles. The molecule has 1 N–H and O–H groups in total. The van der Waals surface area contributed by atoms with Crippen molar-refractivity contribution in [3.63, 3.8) is 0 Å². The smallest absolute Gasteiger partial charge is 0.262 e. The van der Waals surface area contributed by atoms with Crippen molar-refractivity contribution in [1.82, 2.24) is 15.0 Å². The Labute approximate surface area is 129 Å².